The van der Waals surface area contributed by atoms with Crippen molar-refractivity contribution < 1.29 is 14.0 Å². The first-order valence-electron chi connectivity index (χ1n) is 11.1. The van der Waals surface area contributed by atoms with Crippen LogP contribution in [0.2, 0.25) is 0 Å². The van der Waals surface area contributed by atoms with Crippen LogP contribution in [-0.4, -0.2) is 50.0 Å². The minimum atomic E-state index is 0.00372. The largest absolute Gasteiger partial charge is 0.493 e. The first kappa shape index (κ1) is 22.9. The van der Waals surface area contributed by atoms with Gasteiger partial charge in [0.25, 0.3) is 0 Å². The second kappa shape index (κ2) is 11.0. The maximum absolute atomic E-state index is 5.57. The lowest BCUT2D eigenvalue weighted by atomic mass is 9.69. The highest BCUT2D eigenvalue weighted by atomic mass is 16.5. The fraction of sp³-hybridized carbons (Fsp3) is 0.609. The number of hydrogen-bond donors (Lipinski definition) is 2. The Bertz CT molecular complexity index is 859. The van der Waals surface area contributed by atoms with Crippen LogP contribution < -0.4 is 20.1 Å². The molecule has 0 atom stereocenters. The molecule has 2 aromatic rings. The number of hydrogen-bond acceptors (Lipinski definition) is 6. The van der Waals surface area contributed by atoms with Gasteiger partial charge in [-0.25, -0.2) is 0 Å². The summed E-state index contributed by atoms with van der Waals surface area (Å²) in [7, 11) is 3.35. The lowest BCUT2D eigenvalue weighted by molar-refractivity contribution is 0.298. The number of methoxy groups -OCH3 is 2. The highest BCUT2D eigenvalue weighted by molar-refractivity contribution is 5.79. The first-order chi connectivity index (χ1) is 15.1. The minimum Gasteiger partial charge on any atom is -0.493 e. The molecule has 1 aliphatic carbocycles. The third-order valence-corrected chi connectivity index (χ3v) is 5.89. The summed E-state index contributed by atoms with van der Waals surface area (Å²) >= 11 is 0. The first-order valence-corrected chi connectivity index (χ1v) is 11.1. The number of rotatable bonds is 9. The van der Waals surface area contributed by atoms with Crippen LogP contribution in [0, 0.1) is 6.92 Å². The zero-order valence-electron chi connectivity index (χ0n) is 19.2. The standard InChI is InChI=1S/C23H35N5O3/c1-5-24-22(25-14-11-21-27-17(2)28-31-21)26-16-23(12-7-6-8-13-23)18-9-10-19(29-3)20(15-18)30-4/h9-10,15H,5-8,11-14,16H2,1-4H3,(H2,24,25,26). The number of ether oxygens (including phenoxy) is 2. The second-order valence-electron chi connectivity index (χ2n) is 8.02. The molecule has 1 saturated carbocycles. The van der Waals surface area contributed by atoms with Crippen molar-refractivity contribution in [2.75, 3.05) is 33.9 Å². The molecule has 2 N–H and O–H groups in total. The minimum absolute atomic E-state index is 0.00372. The topological polar surface area (TPSA) is 93.8 Å². The molecule has 0 saturated heterocycles. The predicted octanol–water partition coefficient (Wildman–Crippen LogP) is 3.39. The maximum Gasteiger partial charge on any atom is 0.228 e. The van der Waals surface area contributed by atoms with Crippen LogP contribution in [0.5, 0.6) is 11.5 Å². The van der Waals surface area contributed by atoms with Crippen molar-refractivity contribution in [3.8, 4) is 11.5 Å². The Morgan fingerprint density at radius 1 is 1.13 bits per heavy atom. The Morgan fingerprint density at radius 2 is 1.90 bits per heavy atom. The van der Waals surface area contributed by atoms with E-state index in [1.54, 1.807) is 14.2 Å². The predicted molar refractivity (Wildman–Crippen MR) is 121 cm³/mol. The summed E-state index contributed by atoms with van der Waals surface area (Å²) in [5.41, 5.74) is 1.27. The van der Waals surface area contributed by atoms with Crippen LogP contribution in [0.1, 0.15) is 56.3 Å². The van der Waals surface area contributed by atoms with Gasteiger partial charge < -0.3 is 24.6 Å². The molecule has 0 spiro atoms. The van der Waals surface area contributed by atoms with Gasteiger partial charge in [-0.05, 0) is 44.4 Å². The summed E-state index contributed by atoms with van der Waals surface area (Å²) in [6, 6.07) is 6.29. The normalized spacial score (nSPS) is 16.1. The summed E-state index contributed by atoms with van der Waals surface area (Å²) < 4.78 is 16.2. The summed E-state index contributed by atoms with van der Waals surface area (Å²) in [6.07, 6.45) is 6.60. The number of aliphatic imine (C=N–C) groups is 1. The van der Waals surface area contributed by atoms with Crippen LogP contribution in [0.25, 0.3) is 0 Å². The number of nitrogens with zero attached hydrogens (tertiary/aromatic N) is 3. The molecule has 0 radical (unpaired) electrons. The van der Waals surface area contributed by atoms with Crippen molar-refractivity contribution in [1.82, 2.24) is 20.8 Å². The SMILES string of the molecule is CCNC(=NCC1(c2ccc(OC)c(OC)c2)CCCCC1)NCCc1nc(C)no1. The van der Waals surface area contributed by atoms with Crippen molar-refractivity contribution in [1.29, 1.82) is 0 Å². The lowest BCUT2D eigenvalue weighted by Crippen LogP contribution is -2.40. The molecular formula is C23H35N5O3. The van der Waals surface area contributed by atoms with Gasteiger partial charge in [-0.3, -0.25) is 4.99 Å². The van der Waals surface area contributed by atoms with E-state index in [0.29, 0.717) is 24.7 Å². The second-order valence-corrected chi connectivity index (χ2v) is 8.02. The van der Waals surface area contributed by atoms with E-state index in [1.165, 1.54) is 24.8 Å². The number of guanidine groups is 1. The lowest BCUT2D eigenvalue weighted by Gasteiger charge is -2.37. The maximum atomic E-state index is 5.57. The van der Waals surface area contributed by atoms with Gasteiger partial charge in [0.1, 0.15) is 0 Å². The van der Waals surface area contributed by atoms with Crippen molar-refractivity contribution >= 4 is 5.96 Å². The molecular weight excluding hydrogens is 394 g/mol. The summed E-state index contributed by atoms with van der Waals surface area (Å²) in [5.74, 6) is 3.63. The quantitative estimate of drug-likeness (QED) is 0.466. The molecule has 3 rings (SSSR count). The average molecular weight is 430 g/mol. The van der Waals surface area contributed by atoms with E-state index in [2.05, 4.69) is 39.8 Å². The van der Waals surface area contributed by atoms with E-state index in [9.17, 15) is 0 Å². The Labute approximate surface area is 184 Å². The molecule has 31 heavy (non-hydrogen) atoms. The van der Waals surface area contributed by atoms with E-state index < -0.39 is 0 Å². The molecule has 0 unspecified atom stereocenters. The van der Waals surface area contributed by atoms with E-state index in [-0.39, 0.29) is 5.41 Å². The Balaban J connectivity index is 1.75. The van der Waals surface area contributed by atoms with Gasteiger partial charge >= 0.3 is 0 Å². The molecule has 0 bridgehead atoms. The van der Waals surface area contributed by atoms with Gasteiger partial charge in [-0.15, -0.1) is 0 Å². The smallest absolute Gasteiger partial charge is 0.228 e. The van der Waals surface area contributed by atoms with E-state index >= 15 is 0 Å². The van der Waals surface area contributed by atoms with Crippen molar-refractivity contribution in [3.05, 3.63) is 35.5 Å². The summed E-state index contributed by atoms with van der Waals surface area (Å²) in [5, 5.41) is 10.6. The average Bonchev–Trinajstić information content (AvgIpc) is 3.22. The van der Waals surface area contributed by atoms with Crippen LogP contribution in [0.15, 0.2) is 27.7 Å². The van der Waals surface area contributed by atoms with Crippen LogP contribution in [0.3, 0.4) is 0 Å². The molecule has 1 aromatic carbocycles. The number of benzene rings is 1. The fourth-order valence-electron chi connectivity index (χ4n) is 4.23. The Hall–Kier alpha value is -2.77. The van der Waals surface area contributed by atoms with Gasteiger partial charge in [0.05, 0.1) is 20.8 Å². The van der Waals surface area contributed by atoms with Gasteiger partial charge in [0, 0.05) is 24.9 Å². The van der Waals surface area contributed by atoms with Crippen molar-refractivity contribution in [2.24, 2.45) is 4.99 Å². The molecule has 1 aromatic heterocycles. The van der Waals surface area contributed by atoms with Crippen molar-refractivity contribution in [3.63, 3.8) is 0 Å². The molecule has 0 aliphatic heterocycles. The Morgan fingerprint density at radius 3 is 2.55 bits per heavy atom. The van der Waals surface area contributed by atoms with E-state index in [4.69, 9.17) is 19.0 Å². The van der Waals surface area contributed by atoms with E-state index in [0.717, 1.165) is 43.4 Å². The van der Waals surface area contributed by atoms with Gasteiger partial charge in [0.2, 0.25) is 5.89 Å². The molecule has 1 heterocycles. The summed E-state index contributed by atoms with van der Waals surface area (Å²) in [4.78, 5) is 9.23. The van der Waals surface area contributed by atoms with Crippen LogP contribution >= 0.6 is 0 Å². The van der Waals surface area contributed by atoms with Crippen LogP contribution in [-0.2, 0) is 11.8 Å². The molecule has 8 heteroatoms. The zero-order valence-corrected chi connectivity index (χ0v) is 19.2. The fourth-order valence-corrected chi connectivity index (χ4v) is 4.23. The summed E-state index contributed by atoms with van der Waals surface area (Å²) in [6.45, 7) is 6.09. The highest BCUT2D eigenvalue weighted by Gasteiger charge is 2.34. The Kier molecular flexibility index (Phi) is 8.14. The van der Waals surface area contributed by atoms with Gasteiger partial charge in [-0.1, -0.05) is 30.5 Å². The molecule has 0 amide bonds. The number of aryl methyl sites for hydroxylation is 1. The molecule has 1 fully saturated rings. The molecule has 1 aliphatic rings. The van der Waals surface area contributed by atoms with Crippen LogP contribution in [0.4, 0.5) is 0 Å². The van der Waals surface area contributed by atoms with Crippen molar-refractivity contribution in [2.45, 2.75) is 57.8 Å². The van der Waals surface area contributed by atoms with Gasteiger partial charge in [0.15, 0.2) is 23.3 Å². The number of nitrogens with one attached hydrogen (secondary N) is 2. The molecule has 170 valence electrons. The molecule has 8 nitrogen and oxygen atoms in total. The highest BCUT2D eigenvalue weighted by Crippen LogP contribution is 2.42. The zero-order chi connectivity index (χ0) is 22.1. The van der Waals surface area contributed by atoms with E-state index in [1.807, 2.05) is 13.0 Å². The third kappa shape index (κ3) is 5.89. The van der Waals surface area contributed by atoms with Gasteiger partial charge in [-0.2, -0.15) is 4.98 Å². The monoisotopic (exact) mass is 429 g/mol. The number of aromatic nitrogens is 2. The third-order valence-electron chi connectivity index (χ3n) is 5.89.